The van der Waals surface area contributed by atoms with Crippen molar-refractivity contribution in [1.29, 1.82) is 0 Å². The first-order valence-corrected chi connectivity index (χ1v) is 8.41. The number of aromatic hydroxyl groups is 1. The standard InChI is InChI=1S/C19H15N3O3S/c1-2-17(24)21-13-5-7-14(8-6-13)25-9-3-4-12-10-15(23)18-16(11-12)26-19(20)22-18/h2,5-8,10-11,23H,1,9H2,(H2,20,22)(H,21,24). The zero-order chi connectivity index (χ0) is 18.5. The molecule has 0 saturated carbocycles. The van der Waals surface area contributed by atoms with E-state index >= 15 is 0 Å². The van der Waals surface area contributed by atoms with E-state index in [1.54, 1.807) is 30.3 Å². The van der Waals surface area contributed by atoms with Crippen LogP contribution in [-0.2, 0) is 4.79 Å². The summed E-state index contributed by atoms with van der Waals surface area (Å²) in [5.41, 5.74) is 7.45. The number of nitrogens with two attached hydrogens (primary N) is 1. The highest BCUT2D eigenvalue weighted by molar-refractivity contribution is 7.22. The number of nitrogens with zero attached hydrogens (tertiary/aromatic N) is 1. The van der Waals surface area contributed by atoms with Crippen molar-refractivity contribution in [1.82, 2.24) is 4.98 Å². The molecule has 3 rings (SSSR count). The third-order valence-corrected chi connectivity index (χ3v) is 4.17. The van der Waals surface area contributed by atoms with Crippen molar-refractivity contribution in [3.05, 3.63) is 54.6 Å². The van der Waals surface area contributed by atoms with Crippen LogP contribution in [0, 0.1) is 11.8 Å². The molecule has 1 amide bonds. The molecule has 0 aliphatic rings. The first-order chi connectivity index (χ1) is 12.5. The number of benzene rings is 2. The molecular formula is C19H15N3O3S. The molecule has 130 valence electrons. The van der Waals surface area contributed by atoms with E-state index in [0.29, 0.717) is 27.6 Å². The molecule has 0 unspecified atom stereocenters. The summed E-state index contributed by atoms with van der Waals surface area (Å²) < 4.78 is 6.32. The Bertz CT molecular complexity index is 1030. The predicted octanol–water partition coefficient (Wildman–Crippen LogP) is 3.14. The molecule has 26 heavy (non-hydrogen) atoms. The Morgan fingerprint density at radius 1 is 1.38 bits per heavy atom. The van der Waals surface area contributed by atoms with Gasteiger partial charge in [0, 0.05) is 11.3 Å². The number of nitrogen functional groups attached to an aromatic ring is 1. The van der Waals surface area contributed by atoms with E-state index in [1.165, 1.54) is 17.4 Å². The van der Waals surface area contributed by atoms with Crippen LogP contribution in [0.5, 0.6) is 11.5 Å². The summed E-state index contributed by atoms with van der Waals surface area (Å²) in [6.07, 6.45) is 1.20. The largest absolute Gasteiger partial charge is 0.506 e. The van der Waals surface area contributed by atoms with Crippen LogP contribution in [0.25, 0.3) is 10.2 Å². The molecule has 1 heterocycles. The van der Waals surface area contributed by atoms with Crippen molar-refractivity contribution in [2.24, 2.45) is 0 Å². The summed E-state index contributed by atoms with van der Waals surface area (Å²) in [6.45, 7) is 3.58. The van der Waals surface area contributed by atoms with E-state index in [9.17, 15) is 9.90 Å². The average Bonchev–Trinajstić information content (AvgIpc) is 3.01. The number of hydrogen-bond acceptors (Lipinski definition) is 6. The number of thiazole rings is 1. The number of amides is 1. The fraction of sp³-hybridized carbons (Fsp3) is 0.0526. The van der Waals surface area contributed by atoms with Gasteiger partial charge in [-0.25, -0.2) is 4.98 Å². The van der Waals surface area contributed by atoms with Crippen LogP contribution in [0.3, 0.4) is 0 Å². The SMILES string of the molecule is C=CC(=O)Nc1ccc(OCC#Cc2cc(O)c3nc(N)sc3c2)cc1. The number of nitrogens with one attached hydrogen (secondary N) is 1. The minimum Gasteiger partial charge on any atom is -0.506 e. The van der Waals surface area contributed by atoms with Gasteiger partial charge < -0.3 is 20.9 Å². The Morgan fingerprint density at radius 2 is 2.15 bits per heavy atom. The maximum atomic E-state index is 11.2. The number of phenolic OH excluding ortho intramolecular Hbond substituents is 1. The first-order valence-electron chi connectivity index (χ1n) is 7.59. The van der Waals surface area contributed by atoms with Crippen LogP contribution in [-0.4, -0.2) is 22.6 Å². The molecule has 0 fully saturated rings. The van der Waals surface area contributed by atoms with E-state index < -0.39 is 0 Å². The predicted molar refractivity (Wildman–Crippen MR) is 103 cm³/mol. The lowest BCUT2D eigenvalue weighted by Crippen LogP contribution is -2.06. The van der Waals surface area contributed by atoms with Crippen molar-refractivity contribution in [2.45, 2.75) is 0 Å². The van der Waals surface area contributed by atoms with E-state index in [-0.39, 0.29) is 18.3 Å². The molecule has 1 aromatic heterocycles. The second kappa shape index (κ2) is 7.59. The van der Waals surface area contributed by atoms with Crippen molar-refractivity contribution in [3.63, 3.8) is 0 Å². The number of carbonyl (C=O) groups is 1. The van der Waals surface area contributed by atoms with E-state index in [1.807, 2.05) is 6.07 Å². The Balaban J connectivity index is 1.62. The molecule has 2 aromatic carbocycles. The highest BCUT2D eigenvalue weighted by Crippen LogP contribution is 2.31. The molecule has 0 atom stereocenters. The molecule has 0 saturated heterocycles. The summed E-state index contributed by atoms with van der Waals surface area (Å²) in [6, 6.07) is 10.3. The van der Waals surface area contributed by atoms with Crippen LogP contribution >= 0.6 is 11.3 Å². The third kappa shape index (κ3) is 4.12. The number of carbonyl (C=O) groups excluding carboxylic acids is 1. The summed E-state index contributed by atoms with van der Waals surface area (Å²) in [5.74, 6) is 6.24. The average molecular weight is 365 g/mol. The lowest BCUT2D eigenvalue weighted by atomic mass is 10.2. The molecule has 0 aliphatic heterocycles. The minimum absolute atomic E-state index is 0.0535. The van der Waals surface area contributed by atoms with Gasteiger partial charge in [-0.05, 0) is 42.5 Å². The molecular weight excluding hydrogens is 350 g/mol. The van der Waals surface area contributed by atoms with Crippen LogP contribution in [0.1, 0.15) is 5.56 Å². The van der Waals surface area contributed by atoms with Crippen LogP contribution in [0.2, 0.25) is 0 Å². The maximum absolute atomic E-state index is 11.2. The lowest BCUT2D eigenvalue weighted by molar-refractivity contribution is -0.111. The summed E-state index contributed by atoms with van der Waals surface area (Å²) >= 11 is 1.30. The molecule has 0 bridgehead atoms. The molecule has 0 radical (unpaired) electrons. The van der Waals surface area contributed by atoms with Gasteiger partial charge in [0.2, 0.25) is 5.91 Å². The van der Waals surface area contributed by atoms with Gasteiger partial charge in [-0.1, -0.05) is 29.8 Å². The molecule has 7 heteroatoms. The van der Waals surface area contributed by atoms with Crippen molar-refractivity contribution >= 4 is 38.3 Å². The molecule has 0 spiro atoms. The van der Waals surface area contributed by atoms with Gasteiger partial charge in [-0.2, -0.15) is 0 Å². The Hall–Kier alpha value is -3.50. The number of rotatable bonds is 4. The zero-order valence-electron chi connectivity index (χ0n) is 13.7. The fourth-order valence-corrected chi connectivity index (χ4v) is 2.98. The summed E-state index contributed by atoms with van der Waals surface area (Å²) in [7, 11) is 0. The van der Waals surface area contributed by atoms with Gasteiger partial charge in [0.15, 0.2) is 5.13 Å². The van der Waals surface area contributed by atoms with Crippen molar-refractivity contribution in [2.75, 3.05) is 17.7 Å². The van der Waals surface area contributed by atoms with Gasteiger partial charge in [-0.3, -0.25) is 4.79 Å². The molecule has 3 aromatic rings. The second-order valence-corrected chi connectivity index (χ2v) is 6.26. The second-order valence-electron chi connectivity index (χ2n) is 5.20. The van der Waals surface area contributed by atoms with Gasteiger partial charge >= 0.3 is 0 Å². The normalized spacial score (nSPS) is 10.0. The monoisotopic (exact) mass is 365 g/mol. The molecule has 6 nitrogen and oxygen atoms in total. The lowest BCUT2D eigenvalue weighted by Gasteiger charge is -2.04. The number of fused-ring (bicyclic) bond motifs is 1. The Kier molecular flexibility index (Phi) is 5.06. The number of anilines is 2. The van der Waals surface area contributed by atoms with E-state index in [4.69, 9.17) is 10.5 Å². The van der Waals surface area contributed by atoms with Gasteiger partial charge in [0.25, 0.3) is 0 Å². The molecule has 4 N–H and O–H groups in total. The number of phenols is 1. The van der Waals surface area contributed by atoms with E-state index in [0.717, 1.165) is 4.70 Å². The van der Waals surface area contributed by atoms with Crippen LogP contribution in [0.15, 0.2) is 49.1 Å². The van der Waals surface area contributed by atoms with Gasteiger partial charge in [-0.15, -0.1) is 0 Å². The zero-order valence-corrected chi connectivity index (χ0v) is 14.5. The first kappa shape index (κ1) is 17.3. The number of aromatic nitrogens is 1. The highest BCUT2D eigenvalue weighted by Gasteiger charge is 2.07. The smallest absolute Gasteiger partial charge is 0.247 e. The fourth-order valence-electron chi connectivity index (χ4n) is 2.19. The van der Waals surface area contributed by atoms with Crippen molar-refractivity contribution in [3.8, 4) is 23.3 Å². The van der Waals surface area contributed by atoms with Gasteiger partial charge in [0.1, 0.15) is 23.6 Å². The minimum atomic E-state index is -0.271. The Morgan fingerprint density at radius 3 is 2.88 bits per heavy atom. The van der Waals surface area contributed by atoms with E-state index in [2.05, 4.69) is 28.7 Å². The van der Waals surface area contributed by atoms with Crippen LogP contribution < -0.4 is 15.8 Å². The third-order valence-electron chi connectivity index (χ3n) is 3.34. The van der Waals surface area contributed by atoms with Crippen LogP contribution in [0.4, 0.5) is 10.8 Å². The number of ether oxygens (including phenoxy) is 1. The number of hydrogen-bond donors (Lipinski definition) is 3. The summed E-state index contributed by atoms with van der Waals surface area (Å²) in [4.78, 5) is 15.3. The Labute approximate surface area is 153 Å². The quantitative estimate of drug-likeness (QED) is 0.487. The highest BCUT2D eigenvalue weighted by atomic mass is 32.1. The van der Waals surface area contributed by atoms with Crippen molar-refractivity contribution < 1.29 is 14.6 Å². The maximum Gasteiger partial charge on any atom is 0.247 e. The topological polar surface area (TPSA) is 97.5 Å². The van der Waals surface area contributed by atoms with Gasteiger partial charge in [0.05, 0.1) is 4.70 Å². The molecule has 0 aliphatic carbocycles. The summed E-state index contributed by atoms with van der Waals surface area (Å²) in [5, 5.41) is 13.0.